The second-order valence-electron chi connectivity index (χ2n) is 5.57. The topological polar surface area (TPSA) is 64.6 Å². The fourth-order valence-corrected chi connectivity index (χ4v) is 2.78. The molecular weight excluding hydrogens is 326 g/mol. The van der Waals surface area contributed by atoms with Crippen molar-refractivity contribution in [1.29, 1.82) is 0 Å². The summed E-state index contributed by atoms with van der Waals surface area (Å²) in [5.74, 6) is -0.182. The van der Waals surface area contributed by atoms with E-state index in [0.29, 0.717) is 11.3 Å². The first-order valence-electron chi connectivity index (χ1n) is 7.72. The van der Waals surface area contributed by atoms with Crippen LogP contribution in [0.2, 0.25) is 0 Å². The number of hydrogen-bond donors (Lipinski definition) is 1. The van der Waals surface area contributed by atoms with Gasteiger partial charge in [-0.3, -0.25) is 4.79 Å². The molecule has 0 saturated heterocycles. The van der Waals surface area contributed by atoms with Gasteiger partial charge in [0.05, 0.1) is 17.7 Å². The average molecular weight is 347 g/mol. The third kappa shape index (κ3) is 5.38. The van der Waals surface area contributed by atoms with Crippen LogP contribution in [-0.4, -0.2) is 24.6 Å². The number of esters is 1. The first-order valence-corrected chi connectivity index (χ1v) is 8.60. The average Bonchev–Trinajstić information content (AvgIpc) is 3.07. The van der Waals surface area contributed by atoms with Crippen molar-refractivity contribution < 1.29 is 19.1 Å². The minimum Gasteiger partial charge on any atom is -0.491 e. The zero-order valence-corrected chi connectivity index (χ0v) is 14.8. The van der Waals surface area contributed by atoms with E-state index in [-0.39, 0.29) is 24.7 Å². The molecule has 24 heavy (non-hydrogen) atoms. The lowest BCUT2D eigenvalue weighted by Gasteiger charge is -2.12. The molecule has 1 unspecified atom stereocenters. The first-order chi connectivity index (χ1) is 11.5. The van der Waals surface area contributed by atoms with Crippen molar-refractivity contribution in [3.8, 4) is 5.75 Å². The van der Waals surface area contributed by atoms with Gasteiger partial charge in [0, 0.05) is 4.88 Å². The molecule has 1 N–H and O–H groups in total. The molecule has 1 atom stereocenters. The molecule has 2 aromatic rings. The monoisotopic (exact) mass is 347 g/mol. The van der Waals surface area contributed by atoms with E-state index in [4.69, 9.17) is 9.47 Å². The Hall–Kier alpha value is -2.34. The Balaban J connectivity index is 1.80. The number of hydrogen-bond acceptors (Lipinski definition) is 5. The Kier molecular flexibility index (Phi) is 6.37. The quantitative estimate of drug-likeness (QED) is 0.778. The summed E-state index contributed by atoms with van der Waals surface area (Å²) in [6.07, 6.45) is 0.0665. The van der Waals surface area contributed by atoms with E-state index in [1.807, 2.05) is 38.3 Å². The number of carbonyl (C=O) groups excluding carboxylic acids is 2. The molecule has 128 valence electrons. The van der Waals surface area contributed by atoms with Crippen LogP contribution in [0.25, 0.3) is 0 Å². The third-order valence-corrected chi connectivity index (χ3v) is 4.20. The normalized spacial score (nSPS) is 11.8. The number of nitrogens with one attached hydrogen (secondary N) is 1. The molecule has 1 amide bonds. The van der Waals surface area contributed by atoms with Crippen molar-refractivity contribution in [3.05, 3.63) is 52.2 Å². The molecule has 1 heterocycles. The van der Waals surface area contributed by atoms with Crippen molar-refractivity contribution in [2.24, 2.45) is 0 Å². The molecule has 0 aliphatic carbocycles. The number of rotatable bonds is 7. The van der Waals surface area contributed by atoms with Crippen LogP contribution in [0.15, 0.2) is 41.8 Å². The van der Waals surface area contributed by atoms with E-state index in [1.54, 1.807) is 35.6 Å². The summed E-state index contributed by atoms with van der Waals surface area (Å²) in [5, 5.41) is 4.74. The summed E-state index contributed by atoms with van der Waals surface area (Å²) < 4.78 is 10.6. The molecule has 5 nitrogen and oxygen atoms in total. The fourth-order valence-electron chi connectivity index (χ4n) is 2.05. The Labute approximate surface area is 145 Å². The second kappa shape index (κ2) is 8.49. The number of carbonyl (C=O) groups is 2. The Bertz CT molecular complexity index is 665. The van der Waals surface area contributed by atoms with Crippen LogP contribution >= 0.6 is 11.3 Å². The van der Waals surface area contributed by atoms with Gasteiger partial charge in [-0.05, 0) is 56.5 Å². The highest BCUT2D eigenvalue weighted by atomic mass is 32.1. The van der Waals surface area contributed by atoms with E-state index in [9.17, 15) is 9.59 Å². The molecule has 1 aromatic carbocycles. The van der Waals surface area contributed by atoms with E-state index < -0.39 is 5.97 Å². The van der Waals surface area contributed by atoms with Crippen molar-refractivity contribution in [1.82, 2.24) is 5.32 Å². The molecule has 0 aliphatic rings. The van der Waals surface area contributed by atoms with Gasteiger partial charge in [0.25, 0.3) is 5.91 Å². The molecule has 0 aliphatic heterocycles. The molecule has 0 radical (unpaired) electrons. The first kappa shape index (κ1) is 18.0. The highest BCUT2D eigenvalue weighted by Crippen LogP contribution is 2.18. The molecule has 0 spiro atoms. The molecule has 1 aromatic heterocycles. The van der Waals surface area contributed by atoms with Gasteiger partial charge in [0.1, 0.15) is 5.75 Å². The Morgan fingerprint density at radius 3 is 2.42 bits per heavy atom. The van der Waals surface area contributed by atoms with E-state index >= 15 is 0 Å². The molecule has 2 rings (SSSR count). The van der Waals surface area contributed by atoms with Gasteiger partial charge < -0.3 is 14.8 Å². The molecule has 0 saturated carbocycles. The Morgan fingerprint density at radius 2 is 1.83 bits per heavy atom. The summed E-state index contributed by atoms with van der Waals surface area (Å²) in [6, 6.07) is 10.4. The van der Waals surface area contributed by atoms with Crippen LogP contribution in [0, 0.1) is 0 Å². The molecule has 0 bridgehead atoms. The lowest BCUT2D eigenvalue weighted by molar-refractivity contribution is -0.124. The van der Waals surface area contributed by atoms with E-state index in [2.05, 4.69) is 5.32 Å². The van der Waals surface area contributed by atoms with E-state index in [0.717, 1.165) is 4.88 Å². The maximum absolute atomic E-state index is 12.0. The van der Waals surface area contributed by atoms with Gasteiger partial charge in [-0.15, -0.1) is 11.3 Å². The number of ether oxygens (including phenoxy) is 2. The van der Waals surface area contributed by atoms with Crippen LogP contribution in [0.1, 0.15) is 42.0 Å². The highest BCUT2D eigenvalue weighted by molar-refractivity contribution is 7.10. The predicted octanol–water partition coefficient (Wildman–Crippen LogP) is 3.57. The summed E-state index contributed by atoms with van der Waals surface area (Å²) in [5.41, 5.74) is 0.380. The fraction of sp³-hybridized carbons (Fsp3) is 0.333. The summed E-state index contributed by atoms with van der Waals surface area (Å²) in [7, 11) is 0. The zero-order valence-electron chi connectivity index (χ0n) is 13.9. The standard InChI is InChI=1S/C18H21NO4S/c1-12(2)23-15-8-6-14(7-9-15)18(21)22-11-17(20)19-13(3)16-5-4-10-24-16/h4-10,12-13H,11H2,1-3H3,(H,19,20). The minimum atomic E-state index is -0.537. The zero-order chi connectivity index (χ0) is 17.5. The number of thiophene rings is 1. The van der Waals surface area contributed by atoms with Crippen LogP contribution in [-0.2, 0) is 9.53 Å². The summed E-state index contributed by atoms with van der Waals surface area (Å²) in [6.45, 7) is 5.44. The summed E-state index contributed by atoms with van der Waals surface area (Å²) in [4.78, 5) is 24.9. The van der Waals surface area contributed by atoms with Crippen molar-refractivity contribution in [3.63, 3.8) is 0 Å². The lowest BCUT2D eigenvalue weighted by atomic mass is 10.2. The SMILES string of the molecule is CC(C)Oc1ccc(C(=O)OCC(=O)NC(C)c2cccs2)cc1. The van der Waals surface area contributed by atoms with Gasteiger partial charge in [-0.1, -0.05) is 6.07 Å². The summed E-state index contributed by atoms with van der Waals surface area (Å²) >= 11 is 1.57. The lowest BCUT2D eigenvalue weighted by Crippen LogP contribution is -2.30. The van der Waals surface area contributed by atoms with Gasteiger partial charge in [-0.2, -0.15) is 0 Å². The van der Waals surface area contributed by atoms with Gasteiger partial charge >= 0.3 is 5.97 Å². The maximum Gasteiger partial charge on any atom is 0.338 e. The molecule has 0 fully saturated rings. The van der Waals surface area contributed by atoms with Gasteiger partial charge in [0.15, 0.2) is 6.61 Å². The minimum absolute atomic E-state index is 0.0665. The van der Waals surface area contributed by atoms with Gasteiger partial charge in [-0.25, -0.2) is 4.79 Å². The largest absolute Gasteiger partial charge is 0.491 e. The highest BCUT2D eigenvalue weighted by Gasteiger charge is 2.13. The van der Waals surface area contributed by atoms with E-state index in [1.165, 1.54) is 0 Å². The van der Waals surface area contributed by atoms with Crippen molar-refractivity contribution in [2.75, 3.05) is 6.61 Å². The van der Waals surface area contributed by atoms with Crippen molar-refractivity contribution in [2.45, 2.75) is 32.9 Å². The van der Waals surface area contributed by atoms with Crippen LogP contribution < -0.4 is 10.1 Å². The Morgan fingerprint density at radius 1 is 1.12 bits per heavy atom. The predicted molar refractivity (Wildman–Crippen MR) is 93.4 cm³/mol. The molecule has 6 heteroatoms. The number of amides is 1. The second-order valence-corrected chi connectivity index (χ2v) is 6.55. The van der Waals surface area contributed by atoms with Crippen LogP contribution in [0.3, 0.4) is 0 Å². The number of benzene rings is 1. The third-order valence-electron chi connectivity index (χ3n) is 3.14. The van der Waals surface area contributed by atoms with Gasteiger partial charge in [0.2, 0.25) is 0 Å². The maximum atomic E-state index is 12.0. The van der Waals surface area contributed by atoms with Crippen molar-refractivity contribution >= 4 is 23.2 Å². The van der Waals surface area contributed by atoms with Crippen LogP contribution in [0.4, 0.5) is 0 Å². The van der Waals surface area contributed by atoms with Crippen LogP contribution in [0.5, 0.6) is 5.75 Å². The molecular formula is C18H21NO4S. The smallest absolute Gasteiger partial charge is 0.338 e.